The van der Waals surface area contributed by atoms with Crippen LogP contribution in [0.15, 0.2) is 59.1 Å². The molecular formula is C22H24BrNO4. The van der Waals surface area contributed by atoms with Crippen LogP contribution in [-0.2, 0) is 9.68 Å². The Hall–Kier alpha value is -2.34. The summed E-state index contributed by atoms with van der Waals surface area (Å²) in [5, 5.41) is 0. The molecule has 1 heterocycles. The van der Waals surface area contributed by atoms with E-state index in [-0.39, 0.29) is 11.8 Å². The molecular weight excluding hydrogens is 422 g/mol. The first kappa shape index (κ1) is 20.4. The molecule has 0 aromatic heterocycles. The second-order valence-electron chi connectivity index (χ2n) is 7.56. The number of carbonyl (C=O) groups is 2. The molecule has 1 fully saturated rings. The van der Waals surface area contributed by atoms with Gasteiger partial charge in [0.25, 0.3) is 5.91 Å². The number of benzene rings is 2. The zero-order chi connectivity index (χ0) is 20.1. The molecule has 0 unspecified atom stereocenters. The van der Waals surface area contributed by atoms with Crippen molar-refractivity contribution in [2.75, 3.05) is 13.1 Å². The molecule has 1 aliphatic rings. The van der Waals surface area contributed by atoms with Crippen molar-refractivity contribution in [1.29, 1.82) is 0 Å². The van der Waals surface area contributed by atoms with Crippen molar-refractivity contribution >= 4 is 27.8 Å². The number of para-hydroxylation sites is 1. The first-order valence-corrected chi connectivity index (χ1v) is 10.2. The largest absolute Gasteiger partial charge is 0.361 e. The number of rotatable bonds is 5. The summed E-state index contributed by atoms with van der Waals surface area (Å²) in [6.07, 6.45) is 1.49. The zero-order valence-electron chi connectivity index (χ0n) is 16.1. The molecule has 3 rings (SSSR count). The number of amides is 1. The van der Waals surface area contributed by atoms with Gasteiger partial charge in [-0.05, 0) is 69.0 Å². The minimum atomic E-state index is -0.693. The summed E-state index contributed by atoms with van der Waals surface area (Å²) in [5.41, 5.74) is -0.0155. The molecule has 0 spiro atoms. The summed E-state index contributed by atoms with van der Waals surface area (Å²) in [5.74, 6) is 0.239. The van der Waals surface area contributed by atoms with Crippen LogP contribution in [0.4, 0.5) is 0 Å². The normalized spacial score (nSPS) is 15.2. The third kappa shape index (κ3) is 4.73. The lowest BCUT2D eigenvalue weighted by molar-refractivity contribution is -0.227. The van der Waals surface area contributed by atoms with Crippen LogP contribution in [0.1, 0.15) is 37.0 Å². The van der Waals surface area contributed by atoms with E-state index in [1.165, 1.54) is 0 Å². The van der Waals surface area contributed by atoms with Crippen molar-refractivity contribution < 1.29 is 19.4 Å². The average molecular weight is 446 g/mol. The Kier molecular flexibility index (Phi) is 6.39. The van der Waals surface area contributed by atoms with Crippen LogP contribution in [0, 0.1) is 11.3 Å². The number of hydrogen-bond acceptors (Lipinski definition) is 4. The number of piperidine rings is 1. The van der Waals surface area contributed by atoms with E-state index in [9.17, 15) is 9.59 Å². The third-order valence-corrected chi connectivity index (χ3v) is 5.91. The van der Waals surface area contributed by atoms with Crippen LogP contribution in [0.2, 0.25) is 0 Å². The molecule has 1 aliphatic heterocycles. The average Bonchev–Trinajstić information content (AvgIpc) is 2.73. The fraction of sp³-hybridized carbons (Fsp3) is 0.364. The monoisotopic (exact) mass is 445 g/mol. The number of nitrogens with zero attached hydrogens (tertiary/aromatic N) is 1. The standard InChI is InChI=1S/C22H24BrNO4/c1-22(2,21(26)28-27-19-6-4-3-5-7-19)17-12-14-24(15-13-17)20(25)16-8-10-18(23)11-9-16/h3-11,17H,12-15H2,1-2H3. The second-order valence-corrected chi connectivity index (χ2v) is 8.48. The summed E-state index contributed by atoms with van der Waals surface area (Å²) in [6, 6.07) is 16.3. The van der Waals surface area contributed by atoms with Gasteiger partial charge in [0, 0.05) is 23.1 Å². The molecule has 0 radical (unpaired) electrons. The van der Waals surface area contributed by atoms with Crippen LogP contribution in [0.25, 0.3) is 0 Å². The maximum atomic E-state index is 12.7. The molecule has 1 saturated heterocycles. The van der Waals surface area contributed by atoms with Crippen LogP contribution in [0.3, 0.4) is 0 Å². The van der Waals surface area contributed by atoms with E-state index in [0.29, 0.717) is 24.4 Å². The molecule has 0 saturated carbocycles. The van der Waals surface area contributed by atoms with Crippen molar-refractivity contribution in [1.82, 2.24) is 4.90 Å². The van der Waals surface area contributed by atoms with E-state index in [4.69, 9.17) is 9.78 Å². The topological polar surface area (TPSA) is 55.8 Å². The molecule has 0 aliphatic carbocycles. The van der Waals surface area contributed by atoms with Crippen molar-refractivity contribution in [3.63, 3.8) is 0 Å². The van der Waals surface area contributed by atoms with E-state index in [1.807, 2.05) is 61.2 Å². The van der Waals surface area contributed by atoms with E-state index in [1.54, 1.807) is 12.1 Å². The molecule has 2 aromatic carbocycles. The minimum Gasteiger partial charge on any atom is -0.339 e. The van der Waals surface area contributed by atoms with Crippen LogP contribution < -0.4 is 4.89 Å². The van der Waals surface area contributed by atoms with Gasteiger partial charge in [-0.25, -0.2) is 9.68 Å². The molecule has 5 nitrogen and oxygen atoms in total. The smallest absolute Gasteiger partial charge is 0.339 e. The first-order chi connectivity index (χ1) is 13.4. The van der Waals surface area contributed by atoms with E-state index in [0.717, 1.165) is 17.3 Å². The predicted molar refractivity (Wildman–Crippen MR) is 110 cm³/mol. The fourth-order valence-corrected chi connectivity index (χ4v) is 3.68. The highest BCUT2D eigenvalue weighted by atomic mass is 79.9. The van der Waals surface area contributed by atoms with Crippen LogP contribution >= 0.6 is 15.9 Å². The van der Waals surface area contributed by atoms with Gasteiger partial charge in [-0.3, -0.25) is 9.68 Å². The SMILES string of the molecule is CC(C)(C(=O)OOc1ccccc1)C1CCN(C(=O)c2ccc(Br)cc2)CC1. The van der Waals surface area contributed by atoms with Gasteiger partial charge in [0.15, 0.2) is 5.75 Å². The Morgan fingerprint density at radius 2 is 1.61 bits per heavy atom. The molecule has 148 valence electrons. The van der Waals surface area contributed by atoms with Crippen LogP contribution in [-0.4, -0.2) is 29.9 Å². The van der Waals surface area contributed by atoms with Crippen molar-refractivity contribution in [2.24, 2.45) is 11.3 Å². The second kappa shape index (κ2) is 8.78. The summed E-state index contributed by atoms with van der Waals surface area (Å²) in [4.78, 5) is 37.3. The third-order valence-electron chi connectivity index (χ3n) is 5.38. The van der Waals surface area contributed by atoms with Gasteiger partial charge in [0.05, 0.1) is 5.41 Å². The predicted octanol–water partition coefficient (Wildman–Crippen LogP) is 4.86. The van der Waals surface area contributed by atoms with E-state index < -0.39 is 11.4 Å². The number of halogens is 1. The quantitative estimate of drug-likeness (QED) is 0.486. The van der Waals surface area contributed by atoms with Gasteiger partial charge in [0.1, 0.15) is 0 Å². The first-order valence-electron chi connectivity index (χ1n) is 9.37. The number of likely N-dealkylation sites (tertiary alicyclic amines) is 1. The highest BCUT2D eigenvalue weighted by Crippen LogP contribution is 2.36. The Morgan fingerprint density at radius 1 is 1.00 bits per heavy atom. The Morgan fingerprint density at radius 3 is 2.21 bits per heavy atom. The minimum absolute atomic E-state index is 0.0266. The van der Waals surface area contributed by atoms with Crippen molar-refractivity contribution in [2.45, 2.75) is 26.7 Å². The number of hydrogen-bond donors (Lipinski definition) is 0. The summed E-state index contributed by atoms with van der Waals surface area (Å²) < 4.78 is 0.945. The fourth-order valence-electron chi connectivity index (χ4n) is 3.42. The Labute approximate surface area is 173 Å². The molecule has 0 N–H and O–H groups in total. The summed E-state index contributed by atoms with van der Waals surface area (Å²) >= 11 is 3.38. The van der Waals surface area contributed by atoms with Gasteiger partial charge in [0.2, 0.25) is 0 Å². The van der Waals surface area contributed by atoms with E-state index in [2.05, 4.69) is 15.9 Å². The Bertz CT molecular complexity index is 812. The van der Waals surface area contributed by atoms with Gasteiger partial charge in [-0.2, -0.15) is 0 Å². The maximum Gasteiger partial charge on any atom is 0.361 e. The maximum absolute atomic E-state index is 12.7. The van der Waals surface area contributed by atoms with Gasteiger partial charge >= 0.3 is 5.97 Å². The molecule has 28 heavy (non-hydrogen) atoms. The highest BCUT2D eigenvalue weighted by molar-refractivity contribution is 9.10. The summed E-state index contributed by atoms with van der Waals surface area (Å²) in [7, 11) is 0. The van der Waals surface area contributed by atoms with Crippen molar-refractivity contribution in [3.8, 4) is 5.75 Å². The van der Waals surface area contributed by atoms with Crippen molar-refractivity contribution in [3.05, 3.63) is 64.6 Å². The lowest BCUT2D eigenvalue weighted by Gasteiger charge is -2.38. The highest BCUT2D eigenvalue weighted by Gasteiger charge is 2.41. The van der Waals surface area contributed by atoms with Gasteiger partial charge in [-0.15, -0.1) is 0 Å². The molecule has 0 bridgehead atoms. The molecule has 6 heteroatoms. The number of carbonyl (C=O) groups excluding carboxylic acids is 2. The molecule has 0 atom stereocenters. The van der Waals surface area contributed by atoms with Crippen LogP contribution in [0.5, 0.6) is 5.75 Å². The lowest BCUT2D eigenvalue weighted by atomic mass is 9.73. The molecule has 2 aromatic rings. The Balaban J connectivity index is 1.54. The van der Waals surface area contributed by atoms with E-state index >= 15 is 0 Å². The molecule has 1 amide bonds. The van der Waals surface area contributed by atoms with Gasteiger partial charge in [-0.1, -0.05) is 34.1 Å². The lowest BCUT2D eigenvalue weighted by Crippen LogP contribution is -2.45. The summed E-state index contributed by atoms with van der Waals surface area (Å²) in [6.45, 7) is 4.99. The zero-order valence-corrected chi connectivity index (χ0v) is 17.6. The van der Waals surface area contributed by atoms with Gasteiger partial charge < -0.3 is 4.90 Å².